The van der Waals surface area contributed by atoms with E-state index in [4.69, 9.17) is 4.74 Å². The lowest BCUT2D eigenvalue weighted by Crippen LogP contribution is -2.19. The van der Waals surface area contributed by atoms with Crippen LogP contribution in [0.5, 0.6) is 5.75 Å². The fourth-order valence-corrected chi connectivity index (χ4v) is 4.33. The molecule has 0 amide bonds. The molecule has 21 heavy (non-hydrogen) atoms. The highest BCUT2D eigenvalue weighted by atomic mass is 32.2. The van der Waals surface area contributed by atoms with Gasteiger partial charge in [-0.05, 0) is 56.1 Å². The molecule has 0 aliphatic carbocycles. The van der Waals surface area contributed by atoms with Gasteiger partial charge in [0.1, 0.15) is 12.4 Å². The van der Waals surface area contributed by atoms with Crippen molar-refractivity contribution < 1.29 is 4.74 Å². The van der Waals surface area contributed by atoms with Crippen molar-refractivity contribution in [2.45, 2.75) is 31.3 Å². The zero-order valence-electron chi connectivity index (χ0n) is 13.8. The third-order valence-electron chi connectivity index (χ3n) is 2.88. The third kappa shape index (κ3) is 8.03. The van der Waals surface area contributed by atoms with Gasteiger partial charge in [0.2, 0.25) is 0 Å². The van der Waals surface area contributed by atoms with E-state index in [2.05, 4.69) is 80.6 Å². The van der Waals surface area contributed by atoms with Crippen molar-refractivity contribution in [2.24, 2.45) is 0 Å². The van der Waals surface area contributed by atoms with E-state index >= 15 is 0 Å². The van der Waals surface area contributed by atoms with Crippen molar-refractivity contribution in [1.29, 1.82) is 0 Å². The molecule has 0 unspecified atom stereocenters. The smallest absolute Gasteiger partial charge is 0.119 e. The van der Waals surface area contributed by atoms with Crippen LogP contribution in [0.25, 0.3) is 0 Å². The van der Waals surface area contributed by atoms with E-state index in [1.165, 1.54) is 29.9 Å². The second-order valence-corrected chi connectivity index (χ2v) is 8.02. The summed E-state index contributed by atoms with van der Waals surface area (Å²) in [4.78, 5) is 2.14. The summed E-state index contributed by atoms with van der Waals surface area (Å²) in [5, 5.41) is 0. The molecule has 0 aliphatic rings. The first kappa shape index (κ1) is 18.7. The average molecular weight is 328 g/mol. The molecular formula is C17H29NOS2. The fraction of sp³-hybridized carbons (Fsp3) is 0.647. The summed E-state index contributed by atoms with van der Waals surface area (Å²) in [5.74, 6) is 3.42. The fourth-order valence-electron chi connectivity index (χ4n) is 1.79. The molecule has 0 radical (unpaired) electrons. The van der Waals surface area contributed by atoms with E-state index in [0.29, 0.717) is 4.58 Å². The van der Waals surface area contributed by atoms with Crippen LogP contribution in [0.15, 0.2) is 24.3 Å². The summed E-state index contributed by atoms with van der Waals surface area (Å²) in [6, 6.07) is 8.62. The standard InChI is InChI=1S/C17H29NOS2/c1-5-12-20-17(21-13-6-2)15-8-7-9-16(14-15)19-11-10-18(3)4/h7-9,14,17H,5-6,10-13H2,1-4H3. The molecule has 1 aromatic carbocycles. The van der Waals surface area contributed by atoms with E-state index in [9.17, 15) is 0 Å². The van der Waals surface area contributed by atoms with E-state index < -0.39 is 0 Å². The maximum atomic E-state index is 5.86. The molecule has 1 rings (SSSR count). The highest BCUT2D eigenvalue weighted by Gasteiger charge is 2.12. The van der Waals surface area contributed by atoms with Crippen LogP contribution in [0.4, 0.5) is 0 Å². The largest absolute Gasteiger partial charge is 0.492 e. The molecule has 2 nitrogen and oxygen atoms in total. The van der Waals surface area contributed by atoms with Gasteiger partial charge < -0.3 is 9.64 Å². The summed E-state index contributed by atoms with van der Waals surface area (Å²) < 4.78 is 6.39. The molecule has 0 N–H and O–H groups in total. The Hall–Kier alpha value is -0.320. The molecule has 0 bridgehead atoms. The van der Waals surface area contributed by atoms with Gasteiger partial charge in [0.05, 0.1) is 4.58 Å². The van der Waals surface area contributed by atoms with Crippen LogP contribution in [-0.4, -0.2) is 43.7 Å². The van der Waals surface area contributed by atoms with Crippen LogP contribution in [0.2, 0.25) is 0 Å². The molecule has 0 fully saturated rings. The molecule has 0 aromatic heterocycles. The lowest BCUT2D eigenvalue weighted by atomic mass is 10.2. The van der Waals surface area contributed by atoms with Gasteiger partial charge in [-0.2, -0.15) is 0 Å². The number of benzene rings is 1. The normalized spacial score (nSPS) is 11.3. The molecule has 4 heteroatoms. The molecule has 120 valence electrons. The van der Waals surface area contributed by atoms with Crippen LogP contribution < -0.4 is 4.74 Å². The van der Waals surface area contributed by atoms with Gasteiger partial charge >= 0.3 is 0 Å². The van der Waals surface area contributed by atoms with Gasteiger partial charge in [0, 0.05) is 6.54 Å². The van der Waals surface area contributed by atoms with Crippen LogP contribution in [0, 0.1) is 0 Å². The van der Waals surface area contributed by atoms with E-state index in [0.717, 1.165) is 18.9 Å². The maximum Gasteiger partial charge on any atom is 0.119 e. The molecule has 0 aliphatic heterocycles. The Morgan fingerprint density at radius 2 is 1.76 bits per heavy atom. The Bertz CT molecular complexity index is 377. The molecule has 0 spiro atoms. The molecular weight excluding hydrogens is 298 g/mol. The van der Waals surface area contributed by atoms with Crippen molar-refractivity contribution in [3.63, 3.8) is 0 Å². The summed E-state index contributed by atoms with van der Waals surface area (Å²) in [6.07, 6.45) is 2.46. The summed E-state index contributed by atoms with van der Waals surface area (Å²) in [7, 11) is 4.14. The van der Waals surface area contributed by atoms with Crippen LogP contribution in [0.1, 0.15) is 36.8 Å². The minimum absolute atomic E-state index is 0.530. The number of nitrogens with zero attached hydrogens (tertiary/aromatic N) is 1. The molecule has 0 saturated carbocycles. The van der Waals surface area contributed by atoms with Gasteiger partial charge in [0.25, 0.3) is 0 Å². The first-order valence-electron chi connectivity index (χ1n) is 7.78. The Balaban J connectivity index is 2.64. The van der Waals surface area contributed by atoms with E-state index in [-0.39, 0.29) is 0 Å². The summed E-state index contributed by atoms with van der Waals surface area (Å²) in [6.45, 7) is 6.18. The maximum absolute atomic E-state index is 5.86. The van der Waals surface area contributed by atoms with Gasteiger partial charge in [-0.1, -0.05) is 26.0 Å². The predicted molar refractivity (Wildman–Crippen MR) is 98.7 cm³/mol. The number of thioether (sulfide) groups is 2. The monoisotopic (exact) mass is 327 g/mol. The number of likely N-dealkylation sites (N-methyl/N-ethyl adjacent to an activating group) is 1. The summed E-state index contributed by atoms with van der Waals surface area (Å²) >= 11 is 4.10. The van der Waals surface area contributed by atoms with Crippen molar-refractivity contribution in [3.05, 3.63) is 29.8 Å². The van der Waals surface area contributed by atoms with Gasteiger partial charge in [-0.3, -0.25) is 0 Å². The van der Waals surface area contributed by atoms with Crippen molar-refractivity contribution in [2.75, 3.05) is 38.8 Å². The average Bonchev–Trinajstić information content (AvgIpc) is 2.47. The zero-order valence-corrected chi connectivity index (χ0v) is 15.4. The number of ether oxygens (including phenoxy) is 1. The third-order valence-corrected chi connectivity index (χ3v) is 6.14. The highest BCUT2D eigenvalue weighted by Crippen LogP contribution is 2.40. The second kappa shape index (κ2) is 11.3. The molecule has 0 atom stereocenters. The van der Waals surface area contributed by atoms with Crippen molar-refractivity contribution in [1.82, 2.24) is 4.90 Å². The van der Waals surface area contributed by atoms with Gasteiger partial charge in [-0.25, -0.2) is 0 Å². The Morgan fingerprint density at radius 3 is 2.33 bits per heavy atom. The highest BCUT2D eigenvalue weighted by molar-refractivity contribution is 8.16. The molecule has 0 saturated heterocycles. The second-order valence-electron chi connectivity index (χ2n) is 5.30. The van der Waals surface area contributed by atoms with E-state index in [1.54, 1.807) is 0 Å². The zero-order chi connectivity index (χ0) is 15.5. The van der Waals surface area contributed by atoms with Crippen molar-refractivity contribution in [3.8, 4) is 5.75 Å². The van der Waals surface area contributed by atoms with E-state index in [1.807, 2.05) is 0 Å². The van der Waals surface area contributed by atoms with Gasteiger partial charge in [-0.15, -0.1) is 23.5 Å². The summed E-state index contributed by atoms with van der Waals surface area (Å²) in [5.41, 5.74) is 1.38. The number of hydrogen-bond donors (Lipinski definition) is 0. The first-order valence-corrected chi connectivity index (χ1v) is 9.87. The Kier molecular flexibility index (Phi) is 10.1. The lowest BCUT2D eigenvalue weighted by Gasteiger charge is -2.17. The Labute approximate surface area is 139 Å². The minimum Gasteiger partial charge on any atom is -0.492 e. The van der Waals surface area contributed by atoms with Gasteiger partial charge in [0.15, 0.2) is 0 Å². The van der Waals surface area contributed by atoms with Crippen LogP contribution in [0.3, 0.4) is 0 Å². The lowest BCUT2D eigenvalue weighted by molar-refractivity contribution is 0.261. The predicted octanol–water partition coefficient (Wildman–Crippen LogP) is 4.91. The van der Waals surface area contributed by atoms with Crippen LogP contribution in [-0.2, 0) is 0 Å². The Morgan fingerprint density at radius 1 is 1.10 bits per heavy atom. The first-order chi connectivity index (χ1) is 10.2. The number of rotatable bonds is 11. The van der Waals surface area contributed by atoms with Crippen molar-refractivity contribution >= 4 is 23.5 Å². The SMILES string of the molecule is CCCSC(SCCC)c1cccc(OCCN(C)C)c1. The quantitative estimate of drug-likeness (QED) is 0.535. The van der Waals surface area contributed by atoms with Crippen LogP contribution >= 0.6 is 23.5 Å². The molecule has 0 heterocycles. The topological polar surface area (TPSA) is 12.5 Å². The minimum atomic E-state index is 0.530. The number of hydrogen-bond acceptors (Lipinski definition) is 4. The molecule has 1 aromatic rings.